The van der Waals surface area contributed by atoms with E-state index in [1.54, 1.807) is 14.2 Å². The minimum Gasteiger partial charge on any atom is -0.493 e. The number of methoxy groups -OCH3 is 2. The van der Waals surface area contributed by atoms with Gasteiger partial charge in [-0.25, -0.2) is 0 Å². The third-order valence-electron chi connectivity index (χ3n) is 8.24. The van der Waals surface area contributed by atoms with Crippen LogP contribution in [-0.2, 0) is 19.7 Å². The van der Waals surface area contributed by atoms with Gasteiger partial charge in [-0.3, -0.25) is 9.59 Å². The van der Waals surface area contributed by atoms with Gasteiger partial charge in [-0.2, -0.15) is 0 Å². The van der Waals surface area contributed by atoms with E-state index in [1.165, 1.54) is 0 Å². The molecule has 4 atom stereocenters. The Morgan fingerprint density at radius 1 is 1.21 bits per heavy atom. The van der Waals surface area contributed by atoms with Crippen molar-refractivity contribution in [1.29, 1.82) is 0 Å². The van der Waals surface area contributed by atoms with Crippen LogP contribution < -0.4 is 14.8 Å². The van der Waals surface area contributed by atoms with E-state index >= 15 is 0 Å². The minimum atomic E-state index is -0.791. The lowest BCUT2D eigenvalue weighted by atomic mass is 9.49. The topological polar surface area (TPSA) is 77.1 Å². The minimum absolute atomic E-state index is 0.0467. The zero-order valence-corrected chi connectivity index (χ0v) is 21.9. The molecule has 1 heterocycles. The molecule has 1 saturated heterocycles. The summed E-state index contributed by atoms with van der Waals surface area (Å²) in [5, 5.41) is 3.26. The maximum atomic E-state index is 13.8. The number of fused-ring (bicyclic) bond motifs is 1. The van der Waals surface area contributed by atoms with Crippen molar-refractivity contribution < 1.29 is 23.8 Å². The van der Waals surface area contributed by atoms with Crippen molar-refractivity contribution in [2.75, 3.05) is 34.9 Å². The summed E-state index contributed by atoms with van der Waals surface area (Å²) in [5.74, 6) is 1.15. The number of hydrogen-bond donors (Lipinski definition) is 1. The number of amides is 1. The van der Waals surface area contributed by atoms with Crippen molar-refractivity contribution in [1.82, 2.24) is 10.2 Å². The van der Waals surface area contributed by atoms with Gasteiger partial charge in [0.1, 0.15) is 11.5 Å². The van der Waals surface area contributed by atoms with Crippen molar-refractivity contribution >= 4 is 11.9 Å². The Labute approximate surface area is 203 Å². The van der Waals surface area contributed by atoms with Gasteiger partial charge < -0.3 is 24.4 Å². The first kappa shape index (κ1) is 24.8. The first-order chi connectivity index (χ1) is 16.0. The SMILES string of the molecule is COc1c(C(C)C)cc2c(c1OC)C13CCCC(C)(C)C1C(OC3=O)C2NC(=O)CCN(C)C. The molecule has 1 aromatic carbocycles. The number of benzene rings is 1. The molecule has 0 spiro atoms. The number of nitrogens with one attached hydrogen (secondary N) is 1. The molecule has 2 aliphatic carbocycles. The molecule has 1 saturated carbocycles. The lowest BCUT2D eigenvalue weighted by Gasteiger charge is -2.52. The summed E-state index contributed by atoms with van der Waals surface area (Å²) < 4.78 is 18.1. The molecule has 4 rings (SSSR count). The van der Waals surface area contributed by atoms with Gasteiger partial charge in [0.15, 0.2) is 11.5 Å². The second-order valence-corrected chi connectivity index (χ2v) is 11.4. The average molecular weight is 473 g/mol. The number of rotatable bonds is 7. The van der Waals surface area contributed by atoms with Crippen molar-refractivity contribution in [2.45, 2.75) is 76.9 Å². The van der Waals surface area contributed by atoms with Gasteiger partial charge in [0.2, 0.25) is 5.91 Å². The Morgan fingerprint density at radius 2 is 1.88 bits per heavy atom. The molecule has 1 N–H and O–H groups in total. The predicted octanol–water partition coefficient (Wildman–Crippen LogP) is 3.94. The molecular weight excluding hydrogens is 432 g/mol. The van der Waals surface area contributed by atoms with E-state index in [4.69, 9.17) is 14.2 Å². The Kier molecular flexibility index (Phi) is 6.38. The summed E-state index contributed by atoms with van der Waals surface area (Å²) in [6, 6.07) is 1.69. The largest absolute Gasteiger partial charge is 0.493 e. The smallest absolute Gasteiger partial charge is 0.317 e. The van der Waals surface area contributed by atoms with Crippen LogP contribution in [0.1, 0.15) is 82.0 Å². The fourth-order valence-corrected chi connectivity index (χ4v) is 6.82. The zero-order valence-electron chi connectivity index (χ0n) is 21.9. The van der Waals surface area contributed by atoms with Crippen LogP contribution in [-0.4, -0.2) is 57.7 Å². The molecular formula is C27H40N2O5. The second kappa shape index (κ2) is 8.74. The van der Waals surface area contributed by atoms with Crippen molar-refractivity contribution in [3.05, 3.63) is 22.8 Å². The van der Waals surface area contributed by atoms with E-state index in [2.05, 4.69) is 39.1 Å². The highest BCUT2D eigenvalue weighted by Gasteiger charge is 2.70. The zero-order chi connectivity index (χ0) is 25.0. The van der Waals surface area contributed by atoms with Crippen molar-refractivity contribution in [3.63, 3.8) is 0 Å². The van der Waals surface area contributed by atoms with Crippen molar-refractivity contribution in [3.8, 4) is 11.5 Å². The highest BCUT2D eigenvalue weighted by molar-refractivity contribution is 5.91. The van der Waals surface area contributed by atoms with Gasteiger partial charge in [-0.1, -0.05) is 34.1 Å². The molecule has 2 fully saturated rings. The summed E-state index contributed by atoms with van der Waals surface area (Å²) in [7, 11) is 7.19. The molecule has 1 aromatic rings. The van der Waals surface area contributed by atoms with Crippen LogP contribution in [0, 0.1) is 11.3 Å². The summed E-state index contributed by atoms with van der Waals surface area (Å²) in [6.07, 6.45) is 2.62. The van der Waals surface area contributed by atoms with Gasteiger partial charge in [0, 0.05) is 30.0 Å². The molecule has 7 nitrogen and oxygen atoms in total. The normalized spacial score (nSPS) is 28.9. The molecule has 1 aliphatic heterocycles. The Balaban J connectivity index is 1.97. The fraction of sp³-hybridized carbons (Fsp3) is 0.704. The number of carbonyl (C=O) groups is 2. The van der Waals surface area contributed by atoms with E-state index in [0.29, 0.717) is 30.9 Å². The quantitative estimate of drug-likeness (QED) is 0.606. The van der Waals surface area contributed by atoms with E-state index in [1.807, 2.05) is 19.0 Å². The van der Waals surface area contributed by atoms with Gasteiger partial charge in [-0.05, 0) is 49.9 Å². The monoisotopic (exact) mass is 472 g/mol. The highest BCUT2D eigenvalue weighted by Crippen LogP contribution is 2.66. The van der Waals surface area contributed by atoms with E-state index in [9.17, 15) is 9.59 Å². The van der Waals surface area contributed by atoms with Gasteiger partial charge in [0.25, 0.3) is 0 Å². The number of hydrogen-bond acceptors (Lipinski definition) is 6. The number of esters is 1. The Bertz CT molecular complexity index is 986. The molecule has 1 amide bonds. The van der Waals surface area contributed by atoms with Crippen LogP contribution in [0.2, 0.25) is 0 Å². The lowest BCUT2D eigenvalue weighted by molar-refractivity contribution is -0.146. The maximum absolute atomic E-state index is 13.8. The maximum Gasteiger partial charge on any atom is 0.317 e. The van der Waals surface area contributed by atoms with Crippen LogP contribution in [0.3, 0.4) is 0 Å². The third kappa shape index (κ3) is 3.58. The van der Waals surface area contributed by atoms with E-state index < -0.39 is 17.6 Å². The first-order valence-corrected chi connectivity index (χ1v) is 12.4. The van der Waals surface area contributed by atoms with E-state index in [0.717, 1.165) is 29.5 Å². The Hall–Kier alpha value is -2.28. The van der Waals surface area contributed by atoms with Crippen LogP contribution in [0.25, 0.3) is 0 Å². The van der Waals surface area contributed by atoms with Crippen LogP contribution in [0.4, 0.5) is 0 Å². The molecule has 0 aromatic heterocycles. The Morgan fingerprint density at radius 3 is 2.47 bits per heavy atom. The van der Waals surface area contributed by atoms with Crippen molar-refractivity contribution in [2.24, 2.45) is 11.3 Å². The third-order valence-corrected chi connectivity index (χ3v) is 8.24. The van der Waals surface area contributed by atoms with Crippen LogP contribution in [0.15, 0.2) is 6.07 Å². The summed E-state index contributed by atoms with van der Waals surface area (Å²) in [5.41, 5.74) is 1.87. The molecule has 34 heavy (non-hydrogen) atoms. The van der Waals surface area contributed by atoms with E-state index in [-0.39, 0.29) is 29.1 Å². The average Bonchev–Trinajstić information content (AvgIpc) is 3.03. The van der Waals surface area contributed by atoms with Gasteiger partial charge in [0.05, 0.1) is 20.3 Å². The second-order valence-electron chi connectivity index (χ2n) is 11.4. The molecule has 4 unspecified atom stereocenters. The summed E-state index contributed by atoms with van der Waals surface area (Å²) >= 11 is 0. The first-order valence-electron chi connectivity index (χ1n) is 12.4. The standard InChI is InChI=1S/C27H40N2O5/c1-15(2)16-14-17-19(22(33-8)21(16)32-7)27-12-9-11-26(3,4)24(27)23(34-25(27)31)20(17)28-18(30)10-13-29(5)6/h14-15,20,23-24H,9-13H2,1-8H3,(H,28,30). The summed E-state index contributed by atoms with van der Waals surface area (Å²) in [4.78, 5) is 28.8. The molecule has 7 heteroatoms. The lowest BCUT2D eigenvalue weighted by Crippen LogP contribution is -2.56. The highest BCUT2D eigenvalue weighted by atomic mass is 16.6. The predicted molar refractivity (Wildman–Crippen MR) is 130 cm³/mol. The molecule has 0 radical (unpaired) electrons. The molecule has 2 bridgehead atoms. The van der Waals surface area contributed by atoms with Gasteiger partial charge >= 0.3 is 5.97 Å². The number of nitrogens with zero attached hydrogens (tertiary/aromatic N) is 1. The molecule has 3 aliphatic rings. The van der Waals surface area contributed by atoms with Crippen LogP contribution >= 0.6 is 0 Å². The van der Waals surface area contributed by atoms with Gasteiger partial charge in [-0.15, -0.1) is 0 Å². The fourth-order valence-electron chi connectivity index (χ4n) is 6.82. The number of ether oxygens (including phenoxy) is 3. The summed E-state index contributed by atoms with van der Waals surface area (Å²) in [6.45, 7) is 9.32. The molecule has 188 valence electrons. The van der Waals surface area contributed by atoms with Crippen LogP contribution in [0.5, 0.6) is 11.5 Å². The number of carbonyl (C=O) groups excluding carboxylic acids is 2.